The van der Waals surface area contributed by atoms with Crippen LogP contribution in [0.4, 0.5) is 0 Å². The molecule has 0 aliphatic heterocycles. The van der Waals surface area contributed by atoms with Crippen LogP contribution in [-0.4, -0.2) is 41.8 Å². The Labute approximate surface area is 91.1 Å². The Balaban J connectivity index is 3.99. The van der Waals surface area contributed by atoms with Crippen molar-refractivity contribution in [1.82, 2.24) is 0 Å². The number of ether oxygens (including phenoxy) is 2. The van der Waals surface area contributed by atoms with Gasteiger partial charge < -0.3 is 9.47 Å². The molecule has 0 amide bonds. The summed E-state index contributed by atoms with van der Waals surface area (Å²) in [7, 11) is -0.266. The molecular weight excluding hydrogens is 220 g/mol. The van der Waals surface area contributed by atoms with E-state index in [1.54, 1.807) is 20.3 Å². The molecule has 0 fully saturated rings. The minimum Gasteiger partial charge on any atom is -0.356 e. The maximum absolute atomic E-state index is 10.6. The lowest BCUT2D eigenvalue weighted by atomic mass is 10.2. The van der Waals surface area contributed by atoms with Gasteiger partial charge in [0.05, 0.1) is 12.9 Å². The molecule has 0 saturated carbocycles. The van der Waals surface area contributed by atoms with Crippen molar-refractivity contribution in [3.05, 3.63) is 11.6 Å². The molecule has 0 aromatic heterocycles. The first kappa shape index (κ1) is 14.6. The van der Waals surface area contributed by atoms with Crippen molar-refractivity contribution in [3.8, 4) is 0 Å². The summed E-state index contributed by atoms with van der Waals surface area (Å²) in [6.07, 6.45) is 2.98. The summed E-state index contributed by atoms with van der Waals surface area (Å²) < 4.78 is 35.8. The molecule has 0 aliphatic rings. The van der Waals surface area contributed by atoms with Crippen LogP contribution in [0.15, 0.2) is 11.6 Å². The molecule has 90 valence electrons. The standard InChI is InChI=1S/C9H18O5S/c1-8(7-9(12-2)13-3)5-6-14-15(4,10)11/h5,9H,6-7H2,1-4H3/b8-5+. The maximum Gasteiger partial charge on any atom is 0.264 e. The van der Waals surface area contributed by atoms with E-state index in [4.69, 9.17) is 9.47 Å². The van der Waals surface area contributed by atoms with E-state index in [0.29, 0.717) is 6.42 Å². The Morgan fingerprint density at radius 2 is 1.87 bits per heavy atom. The van der Waals surface area contributed by atoms with Crippen LogP contribution in [-0.2, 0) is 23.8 Å². The average molecular weight is 238 g/mol. The molecule has 0 atom stereocenters. The lowest BCUT2D eigenvalue weighted by Gasteiger charge is -2.13. The summed E-state index contributed by atoms with van der Waals surface area (Å²) >= 11 is 0. The van der Waals surface area contributed by atoms with Gasteiger partial charge in [0, 0.05) is 20.6 Å². The van der Waals surface area contributed by atoms with Crippen LogP contribution in [0.1, 0.15) is 13.3 Å². The first-order chi connectivity index (χ1) is 6.89. The van der Waals surface area contributed by atoms with Crippen molar-refractivity contribution >= 4 is 10.1 Å². The van der Waals surface area contributed by atoms with Gasteiger partial charge in [-0.05, 0) is 6.92 Å². The molecule has 0 N–H and O–H groups in total. The van der Waals surface area contributed by atoms with E-state index in [0.717, 1.165) is 11.8 Å². The van der Waals surface area contributed by atoms with Gasteiger partial charge in [0.2, 0.25) is 0 Å². The molecule has 0 spiro atoms. The molecule has 0 radical (unpaired) electrons. The lowest BCUT2D eigenvalue weighted by Crippen LogP contribution is -2.13. The molecule has 0 aromatic carbocycles. The minimum atomic E-state index is -3.37. The summed E-state index contributed by atoms with van der Waals surface area (Å²) in [6.45, 7) is 1.90. The van der Waals surface area contributed by atoms with E-state index >= 15 is 0 Å². The van der Waals surface area contributed by atoms with Crippen LogP contribution >= 0.6 is 0 Å². The van der Waals surface area contributed by atoms with Crippen molar-refractivity contribution in [2.45, 2.75) is 19.6 Å². The van der Waals surface area contributed by atoms with Crippen molar-refractivity contribution in [2.24, 2.45) is 0 Å². The molecule has 0 bridgehead atoms. The minimum absolute atomic E-state index is 0.0464. The fourth-order valence-corrected chi connectivity index (χ4v) is 1.22. The largest absolute Gasteiger partial charge is 0.356 e. The number of methoxy groups -OCH3 is 2. The Morgan fingerprint density at radius 3 is 2.27 bits per heavy atom. The zero-order chi connectivity index (χ0) is 11.9. The monoisotopic (exact) mass is 238 g/mol. The van der Waals surface area contributed by atoms with E-state index in [9.17, 15) is 8.42 Å². The first-order valence-corrected chi connectivity index (χ1v) is 6.26. The van der Waals surface area contributed by atoms with Crippen LogP contribution in [0.25, 0.3) is 0 Å². The van der Waals surface area contributed by atoms with Gasteiger partial charge in [-0.3, -0.25) is 4.18 Å². The van der Waals surface area contributed by atoms with Gasteiger partial charge in [0.1, 0.15) is 0 Å². The Kier molecular flexibility index (Phi) is 6.75. The average Bonchev–Trinajstić information content (AvgIpc) is 2.12. The third kappa shape index (κ3) is 8.56. The highest BCUT2D eigenvalue weighted by molar-refractivity contribution is 7.85. The fraction of sp³-hybridized carbons (Fsp3) is 0.778. The van der Waals surface area contributed by atoms with Crippen LogP contribution in [0.3, 0.4) is 0 Å². The van der Waals surface area contributed by atoms with Gasteiger partial charge in [-0.1, -0.05) is 11.6 Å². The van der Waals surface area contributed by atoms with E-state index in [-0.39, 0.29) is 12.9 Å². The molecule has 6 heteroatoms. The first-order valence-electron chi connectivity index (χ1n) is 4.44. The highest BCUT2D eigenvalue weighted by Gasteiger charge is 2.05. The molecule has 15 heavy (non-hydrogen) atoms. The van der Waals surface area contributed by atoms with Gasteiger partial charge in [-0.2, -0.15) is 8.42 Å². The van der Waals surface area contributed by atoms with Crippen molar-refractivity contribution < 1.29 is 22.1 Å². The van der Waals surface area contributed by atoms with E-state index < -0.39 is 10.1 Å². The maximum atomic E-state index is 10.6. The Bertz CT molecular complexity index is 290. The van der Waals surface area contributed by atoms with Gasteiger partial charge >= 0.3 is 0 Å². The summed E-state index contributed by atoms with van der Waals surface area (Å²) in [4.78, 5) is 0. The van der Waals surface area contributed by atoms with Crippen LogP contribution in [0.5, 0.6) is 0 Å². The number of hydrogen-bond donors (Lipinski definition) is 0. The highest BCUT2D eigenvalue weighted by atomic mass is 32.2. The molecule has 0 heterocycles. The second-order valence-electron chi connectivity index (χ2n) is 3.14. The van der Waals surface area contributed by atoms with Gasteiger partial charge in [0.25, 0.3) is 10.1 Å². The van der Waals surface area contributed by atoms with E-state index in [1.165, 1.54) is 0 Å². The normalized spacial score (nSPS) is 13.5. The summed E-state index contributed by atoms with van der Waals surface area (Å²) in [5.74, 6) is 0. The van der Waals surface area contributed by atoms with Gasteiger partial charge in [-0.25, -0.2) is 0 Å². The van der Waals surface area contributed by atoms with Crippen molar-refractivity contribution in [2.75, 3.05) is 27.1 Å². The second kappa shape index (κ2) is 6.95. The summed E-state index contributed by atoms with van der Waals surface area (Å²) in [5, 5.41) is 0. The molecule has 0 rings (SSSR count). The number of rotatable bonds is 7. The fourth-order valence-electron chi connectivity index (χ4n) is 0.909. The molecule has 0 unspecified atom stereocenters. The van der Waals surface area contributed by atoms with Crippen LogP contribution in [0, 0.1) is 0 Å². The van der Waals surface area contributed by atoms with E-state index in [2.05, 4.69) is 4.18 Å². The Morgan fingerprint density at radius 1 is 1.33 bits per heavy atom. The Hall–Kier alpha value is -0.430. The summed E-state index contributed by atoms with van der Waals surface area (Å²) in [6, 6.07) is 0. The van der Waals surface area contributed by atoms with Crippen LogP contribution in [0.2, 0.25) is 0 Å². The molecule has 5 nitrogen and oxygen atoms in total. The number of hydrogen-bond acceptors (Lipinski definition) is 5. The third-order valence-corrected chi connectivity index (χ3v) is 2.29. The zero-order valence-corrected chi connectivity index (χ0v) is 10.3. The lowest BCUT2D eigenvalue weighted by molar-refractivity contribution is -0.100. The third-order valence-electron chi connectivity index (χ3n) is 1.73. The van der Waals surface area contributed by atoms with Crippen molar-refractivity contribution in [1.29, 1.82) is 0 Å². The van der Waals surface area contributed by atoms with Crippen molar-refractivity contribution in [3.63, 3.8) is 0 Å². The quantitative estimate of drug-likeness (QED) is 0.375. The van der Waals surface area contributed by atoms with E-state index in [1.807, 2.05) is 6.92 Å². The highest BCUT2D eigenvalue weighted by Crippen LogP contribution is 2.07. The smallest absolute Gasteiger partial charge is 0.264 e. The van der Waals surface area contributed by atoms with Crippen LogP contribution < -0.4 is 0 Å². The zero-order valence-electron chi connectivity index (χ0n) is 9.52. The summed E-state index contributed by atoms with van der Waals surface area (Å²) in [5.41, 5.74) is 0.951. The molecule has 0 aliphatic carbocycles. The SMILES string of the molecule is COC(C/C(C)=C/COS(C)(=O)=O)OC. The topological polar surface area (TPSA) is 61.8 Å². The molecule has 0 aromatic rings. The predicted molar refractivity (Wildman–Crippen MR) is 57.0 cm³/mol. The predicted octanol–water partition coefficient (Wildman–Crippen LogP) is 0.918. The van der Waals surface area contributed by atoms with Gasteiger partial charge in [-0.15, -0.1) is 0 Å². The molecule has 0 saturated heterocycles. The molecular formula is C9H18O5S. The second-order valence-corrected chi connectivity index (χ2v) is 4.79. The van der Waals surface area contributed by atoms with Gasteiger partial charge in [0.15, 0.2) is 6.29 Å².